The number of likely N-dealkylation sites (N-methyl/N-ethyl adjacent to an activating group) is 1. The van der Waals surface area contributed by atoms with Crippen LogP contribution in [-0.2, 0) is 4.79 Å². The first-order valence-corrected chi connectivity index (χ1v) is 7.19. The molecule has 1 aliphatic rings. The fourth-order valence-corrected chi connectivity index (χ4v) is 2.74. The third-order valence-corrected chi connectivity index (χ3v) is 3.71. The van der Waals surface area contributed by atoms with Gasteiger partial charge in [0, 0.05) is 12.6 Å². The second kappa shape index (κ2) is 6.87. The maximum Gasteiger partial charge on any atom is 0.238 e. The fourth-order valence-electron chi connectivity index (χ4n) is 2.74. The van der Waals surface area contributed by atoms with Crippen LogP contribution in [0.4, 0.5) is 15.8 Å². The predicted molar refractivity (Wildman–Crippen MR) is 82.6 cm³/mol. The number of halogens is 1. The summed E-state index contributed by atoms with van der Waals surface area (Å²) in [4.78, 5) is 16.4. The van der Waals surface area contributed by atoms with Crippen molar-refractivity contribution in [1.82, 2.24) is 9.80 Å². The molecule has 21 heavy (non-hydrogen) atoms. The Bertz CT molecular complexity index is 506. The summed E-state index contributed by atoms with van der Waals surface area (Å²) in [6.45, 7) is 2.18. The Morgan fingerprint density at radius 2 is 2.29 bits per heavy atom. The van der Waals surface area contributed by atoms with Gasteiger partial charge in [-0.15, -0.1) is 0 Å². The van der Waals surface area contributed by atoms with Crippen molar-refractivity contribution in [1.29, 1.82) is 0 Å². The molecule has 0 aromatic heterocycles. The molecular weight excluding hydrogens is 271 g/mol. The largest absolute Gasteiger partial charge is 0.397 e. The number of hydrogen-bond donors (Lipinski definition) is 2. The standard InChI is InChI=1S/C15H23FN4O/c1-19(2)9-12-4-3-7-20(12)10-15(21)18-14-8-11(16)5-6-13(14)17/h5-6,8,12H,3-4,7,9-10,17H2,1-2H3,(H,18,21). The highest BCUT2D eigenvalue weighted by Gasteiger charge is 2.26. The van der Waals surface area contributed by atoms with E-state index in [0.29, 0.717) is 24.0 Å². The summed E-state index contributed by atoms with van der Waals surface area (Å²) in [7, 11) is 4.06. The van der Waals surface area contributed by atoms with Crippen molar-refractivity contribution in [2.75, 3.05) is 44.8 Å². The smallest absolute Gasteiger partial charge is 0.238 e. The third kappa shape index (κ3) is 4.41. The Balaban J connectivity index is 1.93. The normalized spacial score (nSPS) is 19.1. The second-order valence-corrected chi connectivity index (χ2v) is 5.81. The summed E-state index contributed by atoms with van der Waals surface area (Å²) >= 11 is 0. The van der Waals surface area contributed by atoms with Crippen LogP contribution in [0.1, 0.15) is 12.8 Å². The molecule has 1 aliphatic heterocycles. The van der Waals surface area contributed by atoms with Gasteiger partial charge < -0.3 is 16.0 Å². The number of carbonyl (C=O) groups is 1. The molecule has 3 N–H and O–H groups in total. The van der Waals surface area contributed by atoms with E-state index in [9.17, 15) is 9.18 Å². The van der Waals surface area contributed by atoms with Crippen LogP contribution in [0.2, 0.25) is 0 Å². The van der Waals surface area contributed by atoms with Gasteiger partial charge in [-0.1, -0.05) is 0 Å². The maximum absolute atomic E-state index is 13.2. The van der Waals surface area contributed by atoms with Gasteiger partial charge in [-0.05, 0) is 51.7 Å². The number of likely N-dealkylation sites (tertiary alicyclic amines) is 1. The van der Waals surface area contributed by atoms with E-state index in [2.05, 4.69) is 15.1 Å². The number of carbonyl (C=O) groups excluding carboxylic acids is 1. The molecule has 2 rings (SSSR count). The molecule has 1 atom stereocenters. The van der Waals surface area contributed by atoms with Crippen LogP contribution < -0.4 is 11.1 Å². The number of nitrogens with zero attached hydrogens (tertiary/aromatic N) is 2. The van der Waals surface area contributed by atoms with E-state index in [4.69, 9.17) is 5.73 Å². The third-order valence-electron chi connectivity index (χ3n) is 3.71. The number of nitrogens with one attached hydrogen (secondary N) is 1. The Hall–Kier alpha value is -1.66. The Kier molecular flexibility index (Phi) is 5.14. The first-order valence-electron chi connectivity index (χ1n) is 7.19. The van der Waals surface area contributed by atoms with E-state index < -0.39 is 5.82 Å². The lowest BCUT2D eigenvalue weighted by Crippen LogP contribution is -2.41. The van der Waals surface area contributed by atoms with Crippen LogP contribution in [0.25, 0.3) is 0 Å². The molecule has 1 heterocycles. The van der Waals surface area contributed by atoms with Crippen molar-refractivity contribution in [3.8, 4) is 0 Å². The van der Waals surface area contributed by atoms with Gasteiger partial charge in [0.05, 0.1) is 17.9 Å². The molecule has 1 unspecified atom stereocenters. The van der Waals surface area contributed by atoms with Gasteiger partial charge in [0.15, 0.2) is 0 Å². The molecule has 1 fully saturated rings. The highest BCUT2D eigenvalue weighted by molar-refractivity contribution is 5.95. The topological polar surface area (TPSA) is 61.6 Å². The molecule has 0 saturated carbocycles. The molecule has 1 aromatic carbocycles. The molecule has 1 aromatic rings. The van der Waals surface area contributed by atoms with E-state index in [-0.39, 0.29) is 5.91 Å². The van der Waals surface area contributed by atoms with Crippen LogP contribution in [-0.4, -0.2) is 55.5 Å². The number of benzene rings is 1. The SMILES string of the molecule is CN(C)CC1CCCN1CC(=O)Nc1cc(F)ccc1N. The first kappa shape index (κ1) is 15.7. The number of rotatable bonds is 5. The molecule has 0 aliphatic carbocycles. The number of anilines is 2. The van der Waals surface area contributed by atoms with Crippen molar-refractivity contribution < 1.29 is 9.18 Å². The highest BCUT2D eigenvalue weighted by atomic mass is 19.1. The summed E-state index contributed by atoms with van der Waals surface area (Å²) in [6.07, 6.45) is 2.21. The average molecular weight is 294 g/mol. The minimum atomic E-state index is -0.411. The van der Waals surface area contributed by atoms with E-state index >= 15 is 0 Å². The number of hydrogen-bond acceptors (Lipinski definition) is 4. The Labute approximate surface area is 124 Å². The zero-order valence-electron chi connectivity index (χ0n) is 12.6. The molecule has 0 spiro atoms. The molecule has 1 saturated heterocycles. The monoisotopic (exact) mass is 294 g/mol. The highest BCUT2D eigenvalue weighted by Crippen LogP contribution is 2.20. The second-order valence-electron chi connectivity index (χ2n) is 5.81. The number of nitrogen functional groups attached to an aromatic ring is 1. The molecular formula is C15H23FN4O. The summed E-state index contributed by atoms with van der Waals surface area (Å²) in [5, 5.41) is 2.69. The quantitative estimate of drug-likeness (QED) is 0.805. The maximum atomic E-state index is 13.2. The van der Waals surface area contributed by atoms with Crippen molar-refractivity contribution in [2.24, 2.45) is 0 Å². The van der Waals surface area contributed by atoms with Gasteiger partial charge >= 0.3 is 0 Å². The van der Waals surface area contributed by atoms with E-state index in [1.165, 1.54) is 18.2 Å². The van der Waals surface area contributed by atoms with Gasteiger partial charge in [0.1, 0.15) is 5.82 Å². The first-order chi connectivity index (χ1) is 9.95. The summed E-state index contributed by atoms with van der Waals surface area (Å²) in [5.74, 6) is -0.566. The van der Waals surface area contributed by atoms with Gasteiger partial charge in [-0.3, -0.25) is 9.69 Å². The summed E-state index contributed by atoms with van der Waals surface area (Å²) < 4.78 is 13.2. The van der Waals surface area contributed by atoms with Gasteiger partial charge in [0.2, 0.25) is 5.91 Å². The fraction of sp³-hybridized carbons (Fsp3) is 0.533. The lowest BCUT2D eigenvalue weighted by Gasteiger charge is -2.26. The zero-order valence-corrected chi connectivity index (χ0v) is 12.6. The summed E-state index contributed by atoms with van der Waals surface area (Å²) in [6, 6.07) is 4.37. The predicted octanol–water partition coefficient (Wildman–Crippen LogP) is 1.37. The number of nitrogens with two attached hydrogens (primary N) is 1. The Morgan fingerprint density at radius 3 is 3.00 bits per heavy atom. The van der Waals surface area contributed by atoms with Crippen molar-refractivity contribution in [3.05, 3.63) is 24.0 Å². The lowest BCUT2D eigenvalue weighted by molar-refractivity contribution is -0.117. The zero-order chi connectivity index (χ0) is 15.4. The van der Waals surface area contributed by atoms with Crippen molar-refractivity contribution in [2.45, 2.75) is 18.9 Å². The van der Waals surface area contributed by atoms with Gasteiger partial charge in [0.25, 0.3) is 0 Å². The molecule has 1 amide bonds. The minimum absolute atomic E-state index is 0.155. The minimum Gasteiger partial charge on any atom is -0.397 e. The van der Waals surface area contributed by atoms with Crippen molar-refractivity contribution in [3.63, 3.8) is 0 Å². The van der Waals surface area contributed by atoms with Crippen LogP contribution in [0.5, 0.6) is 0 Å². The molecule has 6 heteroatoms. The van der Waals surface area contributed by atoms with Crippen LogP contribution in [0, 0.1) is 5.82 Å². The molecule has 5 nitrogen and oxygen atoms in total. The average Bonchev–Trinajstić information content (AvgIpc) is 2.80. The van der Waals surface area contributed by atoms with Crippen LogP contribution >= 0.6 is 0 Å². The van der Waals surface area contributed by atoms with E-state index in [0.717, 1.165) is 25.9 Å². The Morgan fingerprint density at radius 1 is 1.52 bits per heavy atom. The summed E-state index contributed by atoms with van der Waals surface area (Å²) in [5.41, 5.74) is 6.45. The number of amides is 1. The lowest BCUT2D eigenvalue weighted by atomic mass is 10.2. The van der Waals surface area contributed by atoms with E-state index in [1.807, 2.05) is 14.1 Å². The van der Waals surface area contributed by atoms with Crippen molar-refractivity contribution >= 4 is 17.3 Å². The van der Waals surface area contributed by atoms with Crippen LogP contribution in [0.15, 0.2) is 18.2 Å². The molecule has 0 bridgehead atoms. The van der Waals surface area contributed by atoms with E-state index in [1.54, 1.807) is 0 Å². The van der Waals surface area contributed by atoms with Crippen LogP contribution in [0.3, 0.4) is 0 Å². The molecule has 0 radical (unpaired) electrons. The van der Waals surface area contributed by atoms with Gasteiger partial charge in [-0.2, -0.15) is 0 Å². The molecule has 116 valence electrons. The van der Waals surface area contributed by atoms with Gasteiger partial charge in [-0.25, -0.2) is 4.39 Å².